The lowest BCUT2D eigenvalue weighted by Gasteiger charge is -2.35. The van der Waals surface area contributed by atoms with E-state index in [1.54, 1.807) is 4.52 Å². The molecule has 5 rings (SSSR count). The van der Waals surface area contributed by atoms with Gasteiger partial charge in [0.2, 0.25) is 0 Å². The van der Waals surface area contributed by atoms with Gasteiger partial charge in [0.05, 0.1) is 11.9 Å². The molecule has 0 radical (unpaired) electrons. The van der Waals surface area contributed by atoms with Crippen LogP contribution in [0.4, 0.5) is 11.6 Å². The Morgan fingerprint density at radius 3 is 2.07 bits per heavy atom. The molecule has 0 amide bonds. The predicted octanol–water partition coefficient (Wildman–Crippen LogP) is 2.10. The zero-order valence-corrected chi connectivity index (χ0v) is 17.2. The molecule has 1 aliphatic heterocycles. The Kier molecular flexibility index (Phi) is 3.94. The topological polar surface area (TPSA) is 79.8 Å². The van der Waals surface area contributed by atoms with Crippen molar-refractivity contribution in [2.45, 2.75) is 33.1 Å². The number of piperazine rings is 1. The zero-order valence-electron chi connectivity index (χ0n) is 17.2. The number of aromatic nitrogens is 7. The van der Waals surface area contributed by atoms with Crippen LogP contribution in [0.2, 0.25) is 0 Å². The summed E-state index contributed by atoms with van der Waals surface area (Å²) in [7, 11) is 0. The largest absolute Gasteiger partial charge is 0.352 e. The third-order valence-corrected chi connectivity index (χ3v) is 5.41. The number of hydrogen-bond donors (Lipinski definition) is 0. The molecule has 0 saturated carbocycles. The van der Waals surface area contributed by atoms with Crippen LogP contribution < -0.4 is 9.80 Å². The van der Waals surface area contributed by atoms with E-state index in [0.29, 0.717) is 0 Å². The van der Waals surface area contributed by atoms with E-state index >= 15 is 0 Å². The lowest BCUT2D eigenvalue weighted by Crippen LogP contribution is -2.47. The quantitative estimate of drug-likeness (QED) is 0.518. The standard InChI is InChI=1S/C20H25N9/c1-14-22-23-17-6-8-19(25-29(14)17)27-11-9-26(10-12-27)18-7-5-16-21-15(20(2,3)4)13-28(16)24-18/h5-8,13H,9-12H2,1-4H3. The molecule has 150 valence electrons. The molecule has 1 aliphatic rings. The highest BCUT2D eigenvalue weighted by Crippen LogP contribution is 2.23. The number of rotatable bonds is 2. The third kappa shape index (κ3) is 3.16. The fourth-order valence-electron chi connectivity index (χ4n) is 3.62. The van der Waals surface area contributed by atoms with Crippen molar-refractivity contribution in [3.8, 4) is 0 Å². The van der Waals surface area contributed by atoms with Crippen molar-refractivity contribution >= 4 is 22.9 Å². The Balaban J connectivity index is 1.33. The van der Waals surface area contributed by atoms with Crippen LogP contribution in [0, 0.1) is 6.92 Å². The number of fused-ring (bicyclic) bond motifs is 2. The Morgan fingerprint density at radius 2 is 1.41 bits per heavy atom. The van der Waals surface area contributed by atoms with Crippen molar-refractivity contribution < 1.29 is 0 Å². The van der Waals surface area contributed by atoms with E-state index in [2.05, 4.69) is 46.8 Å². The van der Waals surface area contributed by atoms with Crippen LogP contribution >= 0.6 is 0 Å². The highest BCUT2D eigenvalue weighted by molar-refractivity contribution is 5.50. The Morgan fingerprint density at radius 1 is 0.793 bits per heavy atom. The van der Waals surface area contributed by atoms with Gasteiger partial charge in [-0.25, -0.2) is 9.50 Å². The highest BCUT2D eigenvalue weighted by atomic mass is 15.4. The van der Waals surface area contributed by atoms with Gasteiger partial charge in [-0.3, -0.25) is 0 Å². The first-order valence-corrected chi connectivity index (χ1v) is 9.94. The summed E-state index contributed by atoms with van der Waals surface area (Å²) < 4.78 is 3.69. The van der Waals surface area contributed by atoms with Crippen LogP contribution in [0.1, 0.15) is 32.3 Å². The fourth-order valence-corrected chi connectivity index (χ4v) is 3.62. The van der Waals surface area contributed by atoms with Crippen molar-refractivity contribution in [1.29, 1.82) is 0 Å². The number of aryl methyl sites for hydroxylation is 1. The molecule has 0 aliphatic carbocycles. The summed E-state index contributed by atoms with van der Waals surface area (Å²) in [5.74, 6) is 2.73. The molecule has 1 saturated heterocycles. The minimum Gasteiger partial charge on any atom is -0.352 e. The molecule has 5 heterocycles. The lowest BCUT2D eigenvalue weighted by molar-refractivity contribution is 0.572. The van der Waals surface area contributed by atoms with Gasteiger partial charge in [0.15, 0.2) is 17.1 Å². The first-order chi connectivity index (χ1) is 13.9. The first-order valence-electron chi connectivity index (χ1n) is 9.94. The van der Waals surface area contributed by atoms with Crippen molar-refractivity contribution in [3.63, 3.8) is 0 Å². The first kappa shape index (κ1) is 17.8. The maximum Gasteiger partial charge on any atom is 0.178 e. The smallest absolute Gasteiger partial charge is 0.178 e. The van der Waals surface area contributed by atoms with Crippen molar-refractivity contribution in [3.05, 3.63) is 42.0 Å². The molecule has 0 unspecified atom stereocenters. The van der Waals surface area contributed by atoms with Crippen LogP contribution in [-0.4, -0.2) is 60.6 Å². The second-order valence-corrected chi connectivity index (χ2v) is 8.55. The van der Waals surface area contributed by atoms with Crippen molar-refractivity contribution in [1.82, 2.24) is 34.4 Å². The molecule has 0 N–H and O–H groups in total. The van der Waals surface area contributed by atoms with Gasteiger partial charge in [-0.05, 0) is 31.2 Å². The maximum absolute atomic E-state index is 4.80. The van der Waals surface area contributed by atoms with E-state index in [0.717, 1.165) is 60.6 Å². The molecule has 9 heteroatoms. The monoisotopic (exact) mass is 391 g/mol. The molecule has 0 bridgehead atoms. The summed E-state index contributed by atoms with van der Waals surface area (Å²) in [4.78, 5) is 9.31. The molecule has 0 spiro atoms. The van der Waals surface area contributed by atoms with Crippen LogP contribution in [0.3, 0.4) is 0 Å². The molecular weight excluding hydrogens is 366 g/mol. The van der Waals surface area contributed by atoms with E-state index in [-0.39, 0.29) is 5.41 Å². The Hall–Kier alpha value is -3.23. The van der Waals surface area contributed by atoms with Gasteiger partial charge in [0, 0.05) is 31.6 Å². The van der Waals surface area contributed by atoms with Gasteiger partial charge < -0.3 is 9.80 Å². The zero-order chi connectivity index (χ0) is 20.2. The summed E-state index contributed by atoms with van der Waals surface area (Å²) in [6.07, 6.45) is 2.04. The van der Waals surface area contributed by atoms with E-state index < -0.39 is 0 Å². The van der Waals surface area contributed by atoms with Crippen LogP contribution in [0.15, 0.2) is 30.5 Å². The summed E-state index contributed by atoms with van der Waals surface area (Å²) in [6.45, 7) is 12.0. The molecule has 4 aromatic rings. The van der Waals surface area contributed by atoms with Gasteiger partial charge in [-0.1, -0.05) is 20.8 Å². The Bertz CT molecular complexity index is 1180. The van der Waals surface area contributed by atoms with Crippen molar-refractivity contribution in [2.75, 3.05) is 36.0 Å². The lowest BCUT2D eigenvalue weighted by atomic mass is 9.93. The molecule has 1 fully saturated rings. The van der Waals surface area contributed by atoms with E-state index in [1.807, 2.05) is 35.8 Å². The predicted molar refractivity (Wildman–Crippen MR) is 112 cm³/mol. The van der Waals surface area contributed by atoms with Gasteiger partial charge >= 0.3 is 0 Å². The Labute approximate surface area is 169 Å². The summed E-state index contributed by atoms with van der Waals surface area (Å²) in [6, 6.07) is 8.10. The minimum atomic E-state index is 0.0106. The molecular formula is C20H25N9. The van der Waals surface area contributed by atoms with E-state index in [4.69, 9.17) is 15.2 Å². The number of hydrogen-bond acceptors (Lipinski definition) is 7. The molecule has 9 nitrogen and oxygen atoms in total. The van der Waals surface area contributed by atoms with Gasteiger partial charge in [-0.15, -0.1) is 20.4 Å². The van der Waals surface area contributed by atoms with Crippen LogP contribution in [0.5, 0.6) is 0 Å². The van der Waals surface area contributed by atoms with Crippen LogP contribution in [0.25, 0.3) is 11.3 Å². The fraction of sp³-hybridized carbons (Fsp3) is 0.450. The maximum atomic E-state index is 4.80. The second-order valence-electron chi connectivity index (χ2n) is 8.55. The molecule has 0 atom stereocenters. The summed E-state index contributed by atoms with van der Waals surface area (Å²) >= 11 is 0. The summed E-state index contributed by atoms with van der Waals surface area (Å²) in [5.41, 5.74) is 2.73. The van der Waals surface area contributed by atoms with Gasteiger partial charge in [0.1, 0.15) is 11.6 Å². The minimum absolute atomic E-state index is 0.0106. The van der Waals surface area contributed by atoms with Gasteiger partial charge in [0.25, 0.3) is 0 Å². The van der Waals surface area contributed by atoms with E-state index in [1.165, 1.54) is 0 Å². The summed E-state index contributed by atoms with van der Waals surface area (Å²) in [5, 5.41) is 17.7. The SMILES string of the molecule is Cc1nnc2ccc(N3CCN(c4ccc5nc(C(C)(C)C)cn5n4)CC3)nn12. The van der Waals surface area contributed by atoms with Gasteiger partial charge in [-0.2, -0.15) is 4.52 Å². The third-order valence-electron chi connectivity index (χ3n) is 5.41. The number of anilines is 2. The number of nitrogens with zero attached hydrogens (tertiary/aromatic N) is 9. The highest BCUT2D eigenvalue weighted by Gasteiger charge is 2.22. The average molecular weight is 391 g/mol. The molecule has 29 heavy (non-hydrogen) atoms. The van der Waals surface area contributed by atoms with E-state index in [9.17, 15) is 0 Å². The molecule has 4 aromatic heterocycles. The van der Waals surface area contributed by atoms with Crippen LogP contribution in [-0.2, 0) is 5.41 Å². The normalized spacial score (nSPS) is 15.6. The number of imidazole rings is 1. The second kappa shape index (κ2) is 6.40. The average Bonchev–Trinajstić information content (AvgIpc) is 3.31. The molecule has 0 aromatic carbocycles. The van der Waals surface area contributed by atoms with Crippen molar-refractivity contribution in [2.24, 2.45) is 0 Å².